The van der Waals surface area contributed by atoms with Gasteiger partial charge in [-0.1, -0.05) is 39.0 Å². The fourth-order valence-corrected chi connectivity index (χ4v) is 2.34. The number of aliphatic imine (C=N–C) groups is 1. The molecule has 142 valence electrons. The van der Waals surface area contributed by atoms with Gasteiger partial charge in [0.2, 0.25) is 0 Å². The van der Waals surface area contributed by atoms with Gasteiger partial charge in [0, 0.05) is 26.1 Å². The first-order valence-electron chi connectivity index (χ1n) is 9.25. The Labute approximate surface area is 155 Å². The van der Waals surface area contributed by atoms with Crippen molar-refractivity contribution in [3.05, 3.63) is 42.5 Å². The summed E-state index contributed by atoms with van der Waals surface area (Å²) in [6.07, 6.45) is 2.65. The summed E-state index contributed by atoms with van der Waals surface area (Å²) in [5, 5.41) is 14.8. The first kappa shape index (κ1) is 19.8. The summed E-state index contributed by atoms with van der Waals surface area (Å²) in [6.45, 7) is 10.0. The van der Waals surface area contributed by atoms with Gasteiger partial charge in [-0.3, -0.25) is 4.99 Å². The minimum atomic E-state index is 0.513. The van der Waals surface area contributed by atoms with E-state index >= 15 is 0 Å². The lowest BCUT2D eigenvalue weighted by atomic mass is 10.2. The molecule has 0 unspecified atom stereocenters. The second kappa shape index (κ2) is 11.1. The third-order valence-electron chi connectivity index (χ3n) is 3.68. The largest absolute Gasteiger partial charge is 0.492 e. The third kappa shape index (κ3) is 7.13. The summed E-state index contributed by atoms with van der Waals surface area (Å²) in [5.74, 6) is 3.19. The van der Waals surface area contributed by atoms with Crippen molar-refractivity contribution in [2.45, 2.75) is 33.7 Å². The molecule has 1 aromatic heterocycles. The monoisotopic (exact) mass is 358 g/mol. The number of aromatic nitrogens is 3. The van der Waals surface area contributed by atoms with Crippen molar-refractivity contribution in [2.75, 3.05) is 26.2 Å². The Kier molecular flexibility index (Phi) is 8.45. The van der Waals surface area contributed by atoms with E-state index in [4.69, 9.17) is 4.74 Å². The molecule has 0 saturated carbocycles. The van der Waals surface area contributed by atoms with Crippen molar-refractivity contribution < 1.29 is 4.74 Å². The van der Waals surface area contributed by atoms with Gasteiger partial charge in [-0.15, -0.1) is 10.2 Å². The zero-order chi connectivity index (χ0) is 18.6. The molecule has 1 heterocycles. The number of nitrogens with zero attached hydrogens (tertiary/aromatic N) is 4. The lowest BCUT2D eigenvalue weighted by Crippen LogP contribution is -2.41. The molecule has 0 spiro atoms. The summed E-state index contributed by atoms with van der Waals surface area (Å²) in [7, 11) is 0. The highest BCUT2D eigenvalue weighted by Gasteiger charge is 2.03. The molecule has 7 nitrogen and oxygen atoms in total. The average Bonchev–Trinajstić information content (AvgIpc) is 3.11. The first-order valence-corrected chi connectivity index (χ1v) is 9.25. The van der Waals surface area contributed by atoms with Crippen LogP contribution in [-0.2, 0) is 13.0 Å². The van der Waals surface area contributed by atoms with Gasteiger partial charge in [0.1, 0.15) is 24.5 Å². The number of para-hydroxylation sites is 1. The van der Waals surface area contributed by atoms with Crippen LogP contribution in [0, 0.1) is 5.92 Å². The predicted octanol–water partition coefficient (Wildman–Crippen LogP) is 2.11. The van der Waals surface area contributed by atoms with Gasteiger partial charge in [0.15, 0.2) is 5.96 Å². The lowest BCUT2D eigenvalue weighted by Gasteiger charge is -2.14. The van der Waals surface area contributed by atoms with Gasteiger partial charge < -0.3 is 19.9 Å². The molecule has 0 atom stereocenters. The SMILES string of the molecule is CCc1nncn1CCNC(=NCC(C)C)NCCOc1ccccc1. The Balaban J connectivity index is 1.76. The fraction of sp³-hybridized carbons (Fsp3) is 0.526. The van der Waals surface area contributed by atoms with Crippen LogP contribution in [0.3, 0.4) is 0 Å². The van der Waals surface area contributed by atoms with Crippen LogP contribution in [0.4, 0.5) is 0 Å². The highest BCUT2D eigenvalue weighted by molar-refractivity contribution is 5.79. The van der Waals surface area contributed by atoms with Gasteiger partial charge in [0.25, 0.3) is 0 Å². The van der Waals surface area contributed by atoms with Crippen LogP contribution < -0.4 is 15.4 Å². The summed E-state index contributed by atoms with van der Waals surface area (Å²) in [5.41, 5.74) is 0. The number of ether oxygens (including phenoxy) is 1. The highest BCUT2D eigenvalue weighted by atomic mass is 16.5. The predicted molar refractivity (Wildman–Crippen MR) is 104 cm³/mol. The maximum absolute atomic E-state index is 5.71. The number of guanidine groups is 1. The van der Waals surface area contributed by atoms with Crippen molar-refractivity contribution in [1.82, 2.24) is 25.4 Å². The highest BCUT2D eigenvalue weighted by Crippen LogP contribution is 2.07. The molecule has 1 aromatic carbocycles. The molecule has 2 aromatic rings. The Morgan fingerprint density at radius 1 is 1.19 bits per heavy atom. The summed E-state index contributed by atoms with van der Waals surface area (Å²) in [4.78, 5) is 4.63. The smallest absolute Gasteiger partial charge is 0.191 e. The number of hydrogen-bond acceptors (Lipinski definition) is 4. The Bertz CT molecular complexity index is 653. The van der Waals surface area contributed by atoms with E-state index in [0.717, 1.165) is 43.6 Å². The number of hydrogen-bond donors (Lipinski definition) is 2. The van der Waals surface area contributed by atoms with E-state index in [1.54, 1.807) is 6.33 Å². The number of aryl methyl sites for hydroxylation is 1. The molecular weight excluding hydrogens is 328 g/mol. The van der Waals surface area contributed by atoms with Crippen LogP contribution in [0.5, 0.6) is 5.75 Å². The van der Waals surface area contributed by atoms with E-state index in [-0.39, 0.29) is 0 Å². The fourth-order valence-electron chi connectivity index (χ4n) is 2.34. The van der Waals surface area contributed by atoms with E-state index in [2.05, 4.69) is 51.2 Å². The van der Waals surface area contributed by atoms with Gasteiger partial charge in [-0.25, -0.2) is 0 Å². The minimum Gasteiger partial charge on any atom is -0.492 e. The quantitative estimate of drug-likeness (QED) is 0.386. The Hall–Kier alpha value is -2.57. The number of rotatable bonds is 10. The molecule has 0 radical (unpaired) electrons. The molecule has 0 aliphatic heterocycles. The maximum atomic E-state index is 5.71. The standard InChI is InChI=1S/C19H30N6O/c1-4-18-24-23-15-25(18)12-10-20-19(22-14-16(2)3)21-11-13-26-17-8-6-5-7-9-17/h5-9,15-16H,4,10-14H2,1-3H3,(H2,20,21,22). The zero-order valence-corrected chi connectivity index (χ0v) is 16.0. The van der Waals surface area contributed by atoms with Crippen molar-refractivity contribution in [3.8, 4) is 5.75 Å². The molecular formula is C19H30N6O. The lowest BCUT2D eigenvalue weighted by molar-refractivity contribution is 0.322. The summed E-state index contributed by atoms with van der Waals surface area (Å²) in [6, 6.07) is 9.82. The average molecular weight is 358 g/mol. The zero-order valence-electron chi connectivity index (χ0n) is 16.0. The van der Waals surface area contributed by atoms with Crippen molar-refractivity contribution in [2.24, 2.45) is 10.9 Å². The number of nitrogens with one attached hydrogen (secondary N) is 2. The second-order valence-corrected chi connectivity index (χ2v) is 6.39. The molecule has 0 amide bonds. The second-order valence-electron chi connectivity index (χ2n) is 6.39. The first-order chi connectivity index (χ1) is 12.7. The van der Waals surface area contributed by atoms with Crippen LogP contribution in [-0.4, -0.2) is 47.0 Å². The molecule has 26 heavy (non-hydrogen) atoms. The van der Waals surface area contributed by atoms with Gasteiger partial charge in [-0.05, 0) is 18.1 Å². The van der Waals surface area contributed by atoms with E-state index in [9.17, 15) is 0 Å². The molecule has 2 N–H and O–H groups in total. The van der Waals surface area contributed by atoms with Crippen LogP contribution >= 0.6 is 0 Å². The third-order valence-corrected chi connectivity index (χ3v) is 3.68. The Morgan fingerprint density at radius 3 is 2.69 bits per heavy atom. The molecule has 7 heteroatoms. The van der Waals surface area contributed by atoms with Crippen LogP contribution in [0.25, 0.3) is 0 Å². The Morgan fingerprint density at radius 2 is 1.96 bits per heavy atom. The van der Waals surface area contributed by atoms with Crippen molar-refractivity contribution in [1.29, 1.82) is 0 Å². The van der Waals surface area contributed by atoms with Crippen molar-refractivity contribution >= 4 is 5.96 Å². The van der Waals surface area contributed by atoms with Crippen LogP contribution in [0.1, 0.15) is 26.6 Å². The van der Waals surface area contributed by atoms with E-state index in [0.29, 0.717) is 19.1 Å². The van der Waals surface area contributed by atoms with Gasteiger partial charge in [0.05, 0.1) is 6.54 Å². The molecule has 0 bridgehead atoms. The molecule has 0 aliphatic carbocycles. The van der Waals surface area contributed by atoms with Gasteiger partial charge in [-0.2, -0.15) is 0 Å². The van der Waals surface area contributed by atoms with Gasteiger partial charge >= 0.3 is 0 Å². The molecule has 0 aliphatic rings. The molecule has 0 fully saturated rings. The van der Waals surface area contributed by atoms with Crippen LogP contribution in [0.2, 0.25) is 0 Å². The minimum absolute atomic E-state index is 0.513. The topological polar surface area (TPSA) is 76.4 Å². The summed E-state index contributed by atoms with van der Waals surface area (Å²) < 4.78 is 7.77. The van der Waals surface area contributed by atoms with E-state index < -0.39 is 0 Å². The van der Waals surface area contributed by atoms with E-state index in [1.807, 2.05) is 30.3 Å². The van der Waals surface area contributed by atoms with E-state index in [1.165, 1.54) is 0 Å². The number of benzene rings is 1. The summed E-state index contributed by atoms with van der Waals surface area (Å²) >= 11 is 0. The van der Waals surface area contributed by atoms with Crippen molar-refractivity contribution in [3.63, 3.8) is 0 Å². The molecule has 0 saturated heterocycles. The maximum Gasteiger partial charge on any atom is 0.191 e. The van der Waals surface area contributed by atoms with Crippen LogP contribution in [0.15, 0.2) is 41.7 Å². The molecule has 2 rings (SSSR count). The normalized spacial score (nSPS) is 11.6.